The number of rotatable bonds is 7. The highest BCUT2D eigenvalue weighted by Crippen LogP contribution is 2.14. The third kappa shape index (κ3) is 4.50. The molecule has 3 N–H and O–H groups in total. The van der Waals surface area contributed by atoms with Crippen molar-refractivity contribution in [2.24, 2.45) is 0 Å². The highest BCUT2D eigenvalue weighted by molar-refractivity contribution is 7.89. The van der Waals surface area contributed by atoms with Crippen molar-refractivity contribution in [1.29, 1.82) is 0 Å². The van der Waals surface area contributed by atoms with Crippen LogP contribution in [-0.2, 0) is 14.8 Å². The standard InChI is InChI=1S/C13H21N3O3S/c1-4-14-13(17)10(3)16-11-6-8-12(9-7-11)20(18,19)15-5-2/h6-10,15-16H,4-5H2,1-3H3,(H,14,17). The first-order valence-electron chi connectivity index (χ1n) is 6.54. The zero-order valence-corrected chi connectivity index (χ0v) is 12.8. The van der Waals surface area contributed by atoms with Gasteiger partial charge in [-0.05, 0) is 38.1 Å². The predicted octanol–water partition coefficient (Wildman–Crippen LogP) is 0.921. The molecule has 1 rings (SSSR count). The van der Waals surface area contributed by atoms with Gasteiger partial charge >= 0.3 is 0 Å². The van der Waals surface area contributed by atoms with E-state index in [2.05, 4.69) is 15.4 Å². The zero-order chi connectivity index (χ0) is 15.2. The van der Waals surface area contributed by atoms with Crippen LogP contribution in [0.5, 0.6) is 0 Å². The van der Waals surface area contributed by atoms with Crippen LogP contribution in [0.2, 0.25) is 0 Å². The molecular formula is C13H21N3O3S. The van der Waals surface area contributed by atoms with Crippen LogP contribution in [0.15, 0.2) is 29.2 Å². The molecule has 0 saturated carbocycles. The fourth-order valence-corrected chi connectivity index (χ4v) is 2.69. The van der Waals surface area contributed by atoms with E-state index in [1.165, 1.54) is 12.1 Å². The number of likely N-dealkylation sites (N-methyl/N-ethyl adjacent to an activating group) is 1. The molecule has 112 valence electrons. The molecule has 1 aromatic rings. The molecule has 0 fully saturated rings. The number of hydrogen-bond acceptors (Lipinski definition) is 4. The fraction of sp³-hybridized carbons (Fsp3) is 0.462. The first kappa shape index (κ1) is 16.5. The number of amides is 1. The third-order valence-corrected chi connectivity index (χ3v) is 4.19. The average molecular weight is 299 g/mol. The van der Waals surface area contributed by atoms with Gasteiger partial charge in [0.15, 0.2) is 0 Å². The van der Waals surface area contributed by atoms with Crippen molar-refractivity contribution in [2.75, 3.05) is 18.4 Å². The second-order valence-electron chi connectivity index (χ2n) is 4.29. The minimum atomic E-state index is -3.44. The number of benzene rings is 1. The van der Waals surface area contributed by atoms with Gasteiger partial charge in [-0.15, -0.1) is 0 Å². The van der Waals surface area contributed by atoms with Crippen molar-refractivity contribution in [3.8, 4) is 0 Å². The quantitative estimate of drug-likeness (QED) is 0.699. The summed E-state index contributed by atoms with van der Waals surface area (Å²) >= 11 is 0. The van der Waals surface area contributed by atoms with Gasteiger partial charge in [0, 0.05) is 18.8 Å². The van der Waals surface area contributed by atoms with Crippen LogP contribution in [0.3, 0.4) is 0 Å². The molecule has 1 atom stereocenters. The maximum atomic E-state index is 11.8. The van der Waals surface area contributed by atoms with Gasteiger partial charge in [0.25, 0.3) is 0 Å². The van der Waals surface area contributed by atoms with E-state index in [4.69, 9.17) is 0 Å². The van der Waals surface area contributed by atoms with E-state index in [-0.39, 0.29) is 16.8 Å². The summed E-state index contributed by atoms with van der Waals surface area (Å²) in [6, 6.07) is 5.90. The minimum Gasteiger partial charge on any atom is -0.374 e. The molecule has 1 amide bonds. The van der Waals surface area contributed by atoms with Crippen molar-refractivity contribution in [1.82, 2.24) is 10.0 Å². The van der Waals surface area contributed by atoms with E-state index in [0.29, 0.717) is 18.8 Å². The van der Waals surface area contributed by atoms with Crippen molar-refractivity contribution < 1.29 is 13.2 Å². The van der Waals surface area contributed by atoms with Gasteiger partial charge in [-0.25, -0.2) is 13.1 Å². The first-order valence-corrected chi connectivity index (χ1v) is 8.03. The lowest BCUT2D eigenvalue weighted by molar-refractivity contribution is -0.121. The predicted molar refractivity (Wildman–Crippen MR) is 79.1 cm³/mol. The van der Waals surface area contributed by atoms with Crippen LogP contribution in [-0.4, -0.2) is 33.5 Å². The molecule has 0 aliphatic heterocycles. The molecule has 6 nitrogen and oxygen atoms in total. The van der Waals surface area contributed by atoms with Gasteiger partial charge in [-0.2, -0.15) is 0 Å². The van der Waals surface area contributed by atoms with E-state index in [0.717, 1.165) is 0 Å². The van der Waals surface area contributed by atoms with Gasteiger partial charge < -0.3 is 10.6 Å². The number of carbonyl (C=O) groups excluding carboxylic acids is 1. The Balaban J connectivity index is 2.75. The summed E-state index contributed by atoms with van der Waals surface area (Å²) < 4.78 is 25.9. The third-order valence-electron chi connectivity index (χ3n) is 2.63. The molecule has 0 aromatic heterocycles. The summed E-state index contributed by atoms with van der Waals surface area (Å²) in [5.41, 5.74) is 0.694. The number of sulfonamides is 1. The molecule has 0 heterocycles. The molecule has 0 saturated heterocycles. The molecule has 1 aromatic carbocycles. The van der Waals surface area contributed by atoms with Crippen LogP contribution in [0.4, 0.5) is 5.69 Å². The average Bonchev–Trinajstić information content (AvgIpc) is 2.39. The van der Waals surface area contributed by atoms with E-state index < -0.39 is 10.0 Å². The molecular weight excluding hydrogens is 278 g/mol. The summed E-state index contributed by atoms with van der Waals surface area (Å²) in [4.78, 5) is 11.8. The lowest BCUT2D eigenvalue weighted by Crippen LogP contribution is -2.37. The van der Waals surface area contributed by atoms with Crippen molar-refractivity contribution >= 4 is 21.6 Å². The lowest BCUT2D eigenvalue weighted by atomic mass is 10.2. The van der Waals surface area contributed by atoms with E-state index in [1.54, 1.807) is 26.0 Å². The number of carbonyl (C=O) groups is 1. The normalized spacial score (nSPS) is 12.8. The Hall–Kier alpha value is -1.60. The Kier molecular flexibility index (Phi) is 5.97. The topological polar surface area (TPSA) is 87.3 Å². The second kappa shape index (κ2) is 7.25. The molecule has 0 bridgehead atoms. The summed E-state index contributed by atoms with van der Waals surface area (Å²) in [6.45, 7) is 6.24. The Morgan fingerprint density at radius 3 is 2.25 bits per heavy atom. The molecule has 0 aliphatic carbocycles. The van der Waals surface area contributed by atoms with Crippen LogP contribution in [0, 0.1) is 0 Å². The number of hydrogen-bond donors (Lipinski definition) is 3. The smallest absolute Gasteiger partial charge is 0.242 e. The maximum Gasteiger partial charge on any atom is 0.242 e. The molecule has 20 heavy (non-hydrogen) atoms. The van der Waals surface area contributed by atoms with Crippen molar-refractivity contribution in [3.63, 3.8) is 0 Å². The van der Waals surface area contributed by atoms with E-state index in [1.807, 2.05) is 6.92 Å². The van der Waals surface area contributed by atoms with Crippen molar-refractivity contribution in [3.05, 3.63) is 24.3 Å². The highest BCUT2D eigenvalue weighted by atomic mass is 32.2. The number of anilines is 1. The first-order chi connectivity index (χ1) is 9.40. The van der Waals surface area contributed by atoms with E-state index >= 15 is 0 Å². The van der Waals surface area contributed by atoms with E-state index in [9.17, 15) is 13.2 Å². The lowest BCUT2D eigenvalue weighted by Gasteiger charge is -2.15. The van der Waals surface area contributed by atoms with Crippen LogP contribution < -0.4 is 15.4 Å². The fourth-order valence-electron chi connectivity index (χ4n) is 1.65. The van der Waals surface area contributed by atoms with Gasteiger partial charge in [-0.1, -0.05) is 6.92 Å². The molecule has 0 aliphatic rings. The highest BCUT2D eigenvalue weighted by Gasteiger charge is 2.14. The summed E-state index contributed by atoms with van der Waals surface area (Å²) in [5, 5.41) is 5.72. The SMILES string of the molecule is CCNC(=O)C(C)Nc1ccc(S(=O)(=O)NCC)cc1. The number of nitrogens with one attached hydrogen (secondary N) is 3. The Bertz CT molecular complexity index is 540. The Morgan fingerprint density at radius 1 is 1.15 bits per heavy atom. The van der Waals surface area contributed by atoms with Gasteiger partial charge in [0.05, 0.1) is 4.90 Å². The summed E-state index contributed by atoms with van der Waals surface area (Å²) in [7, 11) is -3.44. The van der Waals surface area contributed by atoms with Gasteiger partial charge in [0.2, 0.25) is 15.9 Å². The molecule has 1 unspecified atom stereocenters. The minimum absolute atomic E-state index is 0.100. The van der Waals surface area contributed by atoms with Crippen LogP contribution in [0.25, 0.3) is 0 Å². The molecule has 0 radical (unpaired) electrons. The van der Waals surface area contributed by atoms with Crippen LogP contribution in [0.1, 0.15) is 20.8 Å². The largest absolute Gasteiger partial charge is 0.374 e. The Labute approximate surface area is 120 Å². The van der Waals surface area contributed by atoms with Crippen molar-refractivity contribution in [2.45, 2.75) is 31.7 Å². The second-order valence-corrected chi connectivity index (χ2v) is 6.05. The molecule has 0 spiro atoms. The summed E-state index contributed by atoms with van der Waals surface area (Å²) in [6.07, 6.45) is 0. The molecule has 7 heteroatoms. The van der Waals surface area contributed by atoms with Gasteiger partial charge in [-0.3, -0.25) is 4.79 Å². The summed E-state index contributed by atoms with van der Waals surface area (Å²) in [5.74, 6) is -0.100. The Morgan fingerprint density at radius 2 is 1.75 bits per heavy atom. The monoisotopic (exact) mass is 299 g/mol. The van der Waals surface area contributed by atoms with Gasteiger partial charge in [0.1, 0.15) is 6.04 Å². The van der Waals surface area contributed by atoms with Crippen LogP contribution >= 0.6 is 0 Å². The zero-order valence-electron chi connectivity index (χ0n) is 11.9. The maximum absolute atomic E-state index is 11.8.